The Bertz CT molecular complexity index is 481. The van der Waals surface area contributed by atoms with E-state index in [1.807, 2.05) is 18.2 Å². The number of halogens is 1. The zero-order chi connectivity index (χ0) is 14.5. The normalized spacial score (nSPS) is 18.6. The van der Waals surface area contributed by atoms with Crippen LogP contribution >= 0.6 is 11.8 Å². The van der Waals surface area contributed by atoms with Gasteiger partial charge in [-0.25, -0.2) is 4.39 Å². The molecule has 0 aromatic heterocycles. The number of hydrogen-bond donors (Lipinski definition) is 1. The highest BCUT2D eigenvalue weighted by Gasteiger charge is 2.26. The zero-order valence-corrected chi connectivity index (χ0v) is 12.8. The van der Waals surface area contributed by atoms with Crippen LogP contribution in [0, 0.1) is 11.7 Å². The molecule has 1 atom stereocenters. The van der Waals surface area contributed by atoms with Crippen LogP contribution in [0.3, 0.4) is 0 Å². The van der Waals surface area contributed by atoms with Crippen molar-refractivity contribution in [3.63, 3.8) is 0 Å². The van der Waals surface area contributed by atoms with Gasteiger partial charge in [0.15, 0.2) is 0 Å². The average Bonchev–Trinajstić information content (AvgIpc) is 2.90. The molecule has 1 aliphatic rings. The highest BCUT2D eigenvalue weighted by molar-refractivity contribution is 7.97. The maximum absolute atomic E-state index is 13.6. The summed E-state index contributed by atoms with van der Waals surface area (Å²) in [4.78, 5) is 14.3. The second-order valence-corrected chi connectivity index (χ2v) is 6.07. The highest BCUT2D eigenvalue weighted by Crippen LogP contribution is 2.21. The molecule has 1 aromatic rings. The van der Waals surface area contributed by atoms with Crippen LogP contribution in [0.2, 0.25) is 0 Å². The molecule has 0 spiro atoms. The Labute approximate surface area is 123 Å². The lowest BCUT2D eigenvalue weighted by Gasteiger charge is -2.17. The molecule has 5 heteroatoms. The van der Waals surface area contributed by atoms with E-state index in [1.165, 1.54) is 6.07 Å². The van der Waals surface area contributed by atoms with Crippen molar-refractivity contribution in [2.45, 2.75) is 12.2 Å². The van der Waals surface area contributed by atoms with Crippen LogP contribution in [0.25, 0.3) is 0 Å². The molecular formula is C15H21FN2OS. The van der Waals surface area contributed by atoms with Gasteiger partial charge in [0.2, 0.25) is 0 Å². The monoisotopic (exact) mass is 296 g/mol. The first-order valence-electron chi connectivity index (χ1n) is 6.87. The molecule has 1 amide bonds. The van der Waals surface area contributed by atoms with Crippen molar-refractivity contribution < 1.29 is 9.18 Å². The number of hydrogen-bond acceptors (Lipinski definition) is 3. The van der Waals surface area contributed by atoms with E-state index in [9.17, 15) is 9.18 Å². The maximum Gasteiger partial charge on any atom is 0.253 e. The van der Waals surface area contributed by atoms with Gasteiger partial charge < -0.3 is 10.2 Å². The minimum Gasteiger partial charge on any atom is -0.338 e. The van der Waals surface area contributed by atoms with Crippen molar-refractivity contribution in [2.75, 3.05) is 32.9 Å². The predicted octanol–water partition coefficient (Wildman–Crippen LogP) is 2.37. The van der Waals surface area contributed by atoms with Crippen LogP contribution < -0.4 is 5.32 Å². The fraction of sp³-hybridized carbons (Fsp3) is 0.533. The number of likely N-dealkylation sites (tertiary alicyclic amines) is 1. The molecular weight excluding hydrogens is 275 g/mol. The Hall–Kier alpha value is -1.07. The first kappa shape index (κ1) is 15.3. The molecule has 20 heavy (non-hydrogen) atoms. The summed E-state index contributed by atoms with van der Waals surface area (Å²) in [6, 6.07) is 4.69. The molecule has 2 rings (SSSR count). The molecule has 0 radical (unpaired) electrons. The number of nitrogens with one attached hydrogen (secondary N) is 1. The molecule has 1 N–H and O–H groups in total. The van der Waals surface area contributed by atoms with E-state index in [4.69, 9.17) is 0 Å². The van der Waals surface area contributed by atoms with E-state index in [2.05, 4.69) is 5.32 Å². The first-order valence-corrected chi connectivity index (χ1v) is 8.26. The third-order valence-electron chi connectivity index (χ3n) is 3.66. The second kappa shape index (κ2) is 7.09. The third-order valence-corrected chi connectivity index (χ3v) is 4.26. The lowest BCUT2D eigenvalue weighted by Crippen LogP contribution is -2.30. The highest BCUT2D eigenvalue weighted by atomic mass is 32.2. The molecule has 0 bridgehead atoms. The van der Waals surface area contributed by atoms with Crippen molar-refractivity contribution in [1.82, 2.24) is 10.2 Å². The summed E-state index contributed by atoms with van der Waals surface area (Å²) in [5.74, 6) is 0.904. The Balaban J connectivity index is 2.08. The van der Waals surface area contributed by atoms with Crippen LogP contribution in [-0.4, -0.2) is 43.7 Å². The third kappa shape index (κ3) is 3.52. The molecule has 3 nitrogen and oxygen atoms in total. The van der Waals surface area contributed by atoms with Gasteiger partial charge in [0.05, 0.1) is 0 Å². The molecule has 0 unspecified atom stereocenters. The van der Waals surface area contributed by atoms with E-state index in [1.54, 1.807) is 23.9 Å². The summed E-state index contributed by atoms with van der Waals surface area (Å²) in [6.07, 6.45) is 2.96. The van der Waals surface area contributed by atoms with Gasteiger partial charge in [-0.15, -0.1) is 0 Å². The fourth-order valence-electron chi connectivity index (χ4n) is 2.63. The smallest absolute Gasteiger partial charge is 0.253 e. The molecule has 1 aromatic carbocycles. The van der Waals surface area contributed by atoms with Crippen LogP contribution in [0.5, 0.6) is 0 Å². The lowest BCUT2D eigenvalue weighted by atomic mass is 10.1. The Kier molecular flexibility index (Phi) is 5.43. The molecule has 1 fully saturated rings. The Morgan fingerprint density at radius 1 is 1.55 bits per heavy atom. The summed E-state index contributed by atoms with van der Waals surface area (Å²) in [5.41, 5.74) is 1.20. The standard InChI is InChI=1S/C15H21FN2OS/c1-17-8-11-5-6-18(9-11)15(19)12-3-4-14(16)13(7-12)10-20-2/h3-4,7,11,17H,5-6,8-10H2,1-2H3/t11-/m1/s1. The van der Waals surface area contributed by atoms with Gasteiger partial charge in [-0.1, -0.05) is 0 Å². The molecule has 0 aliphatic carbocycles. The van der Waals surface area contributed by atoms with Gasteiger partial charge >= 0.3 is 0 Å². The molecule has 1 heterocycles. The number of benzene rings is 1. The maximum atomic E-state index is 13.6. The zero-order valence-electron chi connectivity index (χ0n) is 12.0. The number of rotatable bonds is 5. The Morgan fingerprint density at radius 3 is 3.05 bits per heavy atom. The van der Waals surface area contributed by atoms with Gasteiger partial charge in [0.25, 0.3) is 5.91 Å². The van der Waals surface area contributed by atoms with Gasteiger partial charge in [0, 0.05) is 24.4 Å². The largest absolute Gasteiger partial charge is 0.338 e. The second-order valence-electron chi connectivity index (χ2n) is 5.20. The van der Waals surface area contributed by atoms with Crippen molar-refractivity contribution in [1.29, 1.82) is 0 Å². The van der Waals surface area contributed by atoms with Crippen LogP contribution in [0.4, 0.5) is 4.39 Å². The van der Waals surface area contributed by atoms with E-state index in [0.29, 0.717) is 22.8 Å². The Morgan fingerprint density at radius 2 is 2.35 bits per heavy atom. The van der Waals surface area contributed by atoms with Crippen molar-refractivity contribution in [3.8, 4) is 0 Å². The van der Waals surface area contributed by atoms with Crippen LogP contribution in [0.1, 0.15) is 22.3 Å². The van der Waals surface area contributed by atoms with E-state index < -0.39 is 0 Å². The SMILES string of the molecule is CNC[C@H]1CCN(C(=O)c2ccc(F)c(CSC)c2)C1. The summed E-state index contributed by atoms with van der Waals surface area (Å²) in [6.45, 7) is 2.51. The number of thioether (sulfide) groups is 1. The van der Waals surface area contributed by atoms with Crippen molar-refractivity contribution in [2.24, 2.45) is 5.92 Å². The predicted molar refractivity (Wildman–Crippen MR) is 81.6 cm³/mol. The molecule has 1 saturated heterocycles. The summed E-state index contributed by atoms with van der Waals surface area (Å²) in [5, 5.41) is 3.15. The number of carbonyl (C=O) groups excluding carboxylic acids is 1. The average molecular weight is 296 g/mol. The molecule has 0 saturated carbocycles. The van der Waals surface area contributed by atoms with Gasteiger partial charge in [-0.2, -0.15) is 11.8 Å². The minimum atomic E-state index is -0.231. The topological polar surface area (TPSA) is 32.3 Å². The fourth-order valence-corrected chi connectivity index (χ4v) is 3.16. The summed E-state index contributed by atoms with van der Waals surface area (Å²) in [7, 11) is 1.93. The van der Waals surface area contributed by atoms with Crippen molar-refractivity contribution >= 4 is 17.7 Å². The summed E-state index contributed by atoms with van der Waals surface area (Å²) >= 11 is 1.56. The quantitative estimate of drug-likeness (QED) is 0.905. The van der Waals surface area contributed by atoms with E-state index in [-0.39, 0.29) is 11.7 Å². The van der Waals surface area contributed by atoms with Gasteiger partial charge in [-0.05, 0) is 55.9 Å². The number of nitrogens with zero attached hydrogens (tertiary/aromatic N) is 1. The molecule has 1 aliphatic heterocycles. The van der Waals surface area contributed by atoms with Gasteiger partial charge in [0.1, 0.15) is 5.82 Å². The lowest BCUT2D eigenvalue weighted by molar-refractivity contribution is 0.0787. The van der Waals surface area contributed by atoms with E-state index >= 15 is 0 Å². The number of carbonyl (C=O) groups is 1. The summed E-state index contributed by atoms with van der Waals surface area (Å²) < 4.78 is 13.6. The minimum absolute atomic E-state index is 0.0194. The molecule has 110 valence electrons. The van der Waals surface area contributed by atoms with Gasteiger partial charge in [-0.3, -0.25) is 4.79 Å². The van der Waals surface area contributed by atoms with E-state index in [0.717, 1.165) is 26.1 Å². The first-order chi connectivity index (χ1) is 9.65. The van der Waals surface area contributed by atoms with Crippen LogP contribution in [-0.2, 0) is 5.75 Å². The van der Waals surface area contributed by atoms with Crippen LogP contribution in [0.15, 0.2) is 18.2 Å². The number of amides is 1. The van der Waals surface area contributed by atoms with Crippen molar-refractivity contribution in [3.05, 3.63) is 35.1 Å².